The Kier molecular flexibility index (Phi) is 5.79. The van der Waals surface area contributed by atoms with Gasteiger partial charge in [0.05, 0.1) is 16.3 Å². The third-order valence-corrected chi connectivity index (χ3v) is 6.76. The summed E-state index contributed by atoms with van der Waals surface area (Å²) in [6.45, 7) is 0.290. The SMILES string of the molecule is CN(Cc1ccccc1)S(=O)(=O)c1ccc(N=Nc2ccc(O)c3ccccc23)cc1. The largest absolute Gasteiger partial charge is 0.507 e. The molecule has 1 N–H and O–H groups in total. The van der Waals surface area contributed by atoms with E-state index in [9.17, 15) is 13.5 Å². The van der Waals surface area contributed by atoms with E-state index in [1.165, 1.54) is 16.4 Å². The lowest BCUT2D eigenvalue weighted by Crippen LogP contribution is -2.26. The Morgan fingerprint density at radius 3 is 2.13 bits per heavy atom. The summed E-state index contributed by atoms with van der Waals surface area (Å²) in [6, 6.07) is 26.4. The highest BCUT2D eigenvalue weighted by Gasteiger charge is 2.20. The number of benzene rings is 4. The zero-order valence-corrected chi connectivity index (χ0v) is 17.7. The Balaban J connectivity index is 1.54. The molecule has 0 aromatic heterocycles. The van der Waals surface area contributed by atoms with Gasteiger partial charge in [0, 0.05) is 24.4 Å². The number of aromatic hydroxyl groups is 1. The molecule has 0 aliphatic carbocycles. The van der Waals surface area contributed by atoms with Gasteiger partial charge in [-0.25, -0.2) is 8.42 Å². The van der Waals surface area contributed by atoms with Crippen LogP contribution in [0.2, 0.25) is 0 Å². The number of rotatable bonds is 6. The second-order valence-corrected chi connectivity index (χ2v) is 9.13. The van der Waals surface area contributed by atoms with Crippen molar-refractivity contribution in [3.05, 3.63) is 96.6 Å². The summed E-state index contributed by atoms with van der Waals surface area (Å²) < 4.78 is 27.0. The van der Waals surface area contributed by atoms with E-state index in [1.807, 2.05) is 54.6 Å². The minimum atomic E-state index is -3.62. The fourth-order valence-electron chi connectivity index (χ4n) is 3.26. The van der Waals surface area contributed by atoms with E-state index in [0.29, 0.717) is 23.3 Å². The second-order valence-electron chi connectivity index (χ2n) is 7.09. The molecule has 0 fully saturated rings. The first-order chi connectivity index (χ1) is 14.9. The first-order valence-corrected chi connectivity index (χ1v) is 11.1. The van der Waals surface area contributed by atoms with Gasteiger partial charge in [0.2, 0.25) is 10.0 Å². The Bertz CT molecular complexity index is 1340. The molecule has 0 spiro atoms. The van der Waals surface area contributed by atoms with Crippen LogP contribution in [-0.2, 0) is 16.6 Å². The molecule has 0 saturated carbocycles. The first-order valence-electron chi connectivity index (χ1n) is 9.68. The minimum absolute atomic E-state index is 0.184. The van der Waals surface area contributed by atoms with Gasteiger partial charge < -0.3 is 5.11 Å². The van der Waals surface area contributed by atoms with Gasteiger partial charge >= 0.3 is 0 Å². The Morgan fingerprint density at radius 2 is 1.42 bits per heavy atom. The predicted octanol–water partition coefficient (Wildman–Crippen LogP) is 5.78. The number of hydrogen-bond donors (Lipinski definition) is 1. The molecular formula is C24H21N3O3S. The highest BCUT2D eigenvalue weighted by Crippen LogP contribution is 2.33. The maximum Gasteiger partial charge on any atom is 0.243 e. The Morgan fingerprint density at radius 1 is 0.774 bits per heavy atom. The average molecular weight is 432 g/mol. The van der Waals surface area contributed by atoms with Gasteiger partial charge in [0.15, 0.2) is 0 Å². The quantitative estimate of drug-likeness (QED) is 0.393. The summed E-state index contributed by atoms with van der Waals surface area (Å²) in [6.07, 6.45) is 0. The van der Waals surface area contributed by atoms with Crippen molar-refractivity contribution < 1.29 is 13.5 Å². The Labute approximate surface area is 181 Å². The summed E-state index contributed by atoms with van der Waals surface area (Å²) in [5.41, 5.74) is 2.06. The third-order valence-electron chi connectivity index (χ3n) is 4.94. The predicted molar refractivity (Wildman–Crippen MR) is 121 cm³/mol. The van der Waals surface area contributed by atoms with Crippen LogP contribution in [0.3, 0.4) is 0 Å². The summed E-state index contributed by atoms with van der Waals surface area (Å²) in [5, 5.41) is 20.0. The van der Waals surface area contributed by atoms with Crippen molar-refractivity contribution in [3.8, 4) is 5.75 Å². The molecule has 4 rings (SSSR count). The van der Waals surface area contributed by atoms with Crippen molar-refractivity contribution in [2.24, 2.45) is 10.2 Å². The van der Waals surface area contributed by atoms with Gasteiger partial charge in [-0.1, -0.05) is 54.6 Å². The summed E-state index contributed by atoms with van der Waals surface area (Å²) in [4.78, 5) is 0.194. The van der Waals surface area contributed by atoms with E-state index in [4.69, 9.17) is 0 Å². The van der Waals surface area contributed by atoms with Crippen molar-refractivity contribution in [2.45, 2.75) is 11.4 Å². The highest BCUT2D eigenvalue weighted by molar-refractivity contribution is 7.89. The third kappa shape index (κ3) is 4.47. The number of hydrogen-bond acceptors (Lipinski definition) is 5. The molecule has 0 radical (unpaired) electrons. The molecule has 0 atom stereocenters. The molecule has 4 aromatic rings. The summed E-state index contributed by atoms with van der Waals surface area (Å²) in [5.74, 6) is 0.184. The van der Waals surface area contributed by atoms with Gasteiger partial charge in [0.25, 0.3) is 0 Å². The molecule has 0 unspecified atom stereocenters. The van der Waals surface area contributed by atoms with Crippen LogP contribution in [0, 0.1) is 0 Å². The van der Waals surface area contributed by atoms with Crippen molar-refractivity contribution in [2.75, 3.05) is 7.05 Å². The molecule has 7 heteroatoms. The van der Waals surface area contributed by atoms with Crippen molar-refractivity contribution in [3.63, 3.8) is 0 Å². The van der Waals surface area contributed by atoms with Crippen LogP contribution in [0.25, 0.3) is 10.8 Å². The number of fused-ring (bicyclic) bond motifs is 1. The highest BCUT2D eigenvalue weighted by atomic mass is 32.2. The molecule has 0 heterocycles. The lowest BCUT2D eigenvalue weighted by atomic mass is 10.1. The summed E-state index contributed by atoms with van der Waals surface area (Å²) >= 11 is 0. The van der Waals surface area contributed by atoms with Crippen molar-refractivity contribution in [1.82, 2.24) is 4.31 Å². The smallest absolute Gasteiger partial charge is 0.243 e. The monoisotopic (exact) mass is 431 g/mol. The van der Waals surface area contributed by atoms with E-state index in [-0.39, 0.29) is 10.6 Å². The molecular weight excluding hydrogens is 410 g/mol. The van der Waals surface area contributed by atoms with Crippen LogP contribution in [-0.4, -0.2) is 24.9 Å². The fraction of sp³-hybridized carbons (Fsp3) is 0.0833. The van der Waals surface area contributed by atoms with Crippen molar-refractivity contribution >= 4 is 32.2 Å². The molecule has 0 aliphatic heterocycles. The van der Waals surface area contributed by atoms with Crippen LogP contribution in [0.4, 0.5) is 11.4 Å². The maximum atomic E-state index is 12.9. The zero-order valence-electron chi connectivity index (χ0n) is 16.9. The van der Waals surface area contributed by atoms with Gasteiger partial charge in [-0.2, -0.15) is 9.42 Å². The molecule has 0 saturated heterocycles. The minimum Gasteiger partial charge on any atom is -0.507 e. The molecule has 0 amide bonds. The molecule has 0 aliphatic rings. The maximum absolute atomic E-state index is 12.9. The lowest BCUT2D eigenvalue weighted by Gasteiger charge is -2.17. The van der Waals surface area contributed by atoms with E-state index in [0.717, 1.165) is 10.9 Å². The van der Waals surface area contributed by atoms with Crippen LogP contribution in [0.1, 0.15) is 5.56 Å². The first kappa shape index (κ1) is 20.7. The number of phenolic OH excluding ortho intramolecular Hbond substituents is 1. The molecule has 31 heavy (non-hydrogen) atoms. The number of sulfonamides is 1. The van der Waals surface area contributed by atoms with Gasteiger partial charge in [-0.05, 0) is 42.0 Å². The van der Waals surface area contributed by atoms with Crippen LogP contribution < -0.4 is 0 Å². The van der Waals surface area contributed by atoms with E-state index in [1.54, 1.807) is 31.3 Å². The topological polar surface area (TPSA) is 82.3 Å². The molecule has 6 nitrogen and oxygen atoms in total. The summed E-state index contributed by atoms with van der Waals surface area (Å²) in [7, 11) is -2.06. The van der Waals surface area contributed by atoms with Crippen LogP contribution in [0.5, 0.6) is 5.75 Å². The van der Waals surface area contributed by atoms with Crippen molar-refractivity contribution in [1.29, 1.82) is 0 Å². The second kappa shape index (κ2) is 8.67. The number of phenols is 1. The van der Waals surface area contributed by atoms with E-state index in [2.05, 4.69) is 10.2 Å². The lowest BCUT2D eigenvalue weighted by molar-refractivity contribution is 0.466. The number of azo groups is 1. The van der Waals surface area contributed by atoms with Gasteiger partial charge in [0.1, 0.15) is 5.75 Å². The fourth-order valence-corrected chi connectivity index (χ4v) is 4.42. The Hall–Kier alpha value is -3.55. The average Bonchev–Trinajstić information content (AvgIpc) is 2.80. The molecule has 156 valence electrons. The van der Waals surface area contributed by atoms with E-state index < -0.39 is 10.0 Å². The van der Waals surface area contributed by atoms with Crippen LogP contribution in [0.15, 0.2) is 106 Å². The molecule has 4 aromatic carbocycles. The molecule has 0 bridgehead atoms. The standard InChI is InChI=1S/C24H21N3O3S/c1-27(17-18-7-3-2-4-8-18)31(29,30)20-13-11-19(12-14-20)25-26-23-15-16-24(28)22-10-6-5-9-21(22)23/h2-16,28H,17H2,1H3. The van der Waals surface area contributed by atoms with E-state index >= 15 is 0 Å². The number of nitrogens with zero attached hydrogens (tertiary/aromatic N) is 3. The normalized spacial score (nSPS) is 12.1. The zero-order chi connectivity index (χ0) is 21.8. The van der Waals surface area contributed by atoms with Gasteiger partial charge in [-0.15, -0.1) is 5.11 Å². The van der Waals surface area contributed by atoms with Crippen LogP contribution >= 0.6 is 0 Å². The van der Waals surface area contributed by atoms with Gasteiger partial charge in [-0.3, -0.25) is 0 Å².